The van der Waals surface area contributed by atoms with Gasteiger partial charge in [-0.3, -0.25) is 4.99 Å². The van der Waals surface area contributed by atoms with E-state index in [0.29, 0.717) is 0 Å². The van der Waals surface area contributed by atoms with Crippen LogP contribution in [0.3, 0.4) is 0 Å². The minimum absolute atomic E-state index is 0. The Bertz CT molecular complexity index is 566. The van der Waals surface area contributed by atoms with Crippen molar-refractivity contribution in [2.45, 2.75) is 26.4 Å². The Hall–Kier alpha value is -1.08. The molecule has 0 saturated carbocycles. The van der Waals surface area contributed by atoms with Crippen molar-refractivity contribution in [1.82, 2.24) is 10.6 Å². The molecule has 0 aliphatic rings. The number of hydrogen-bond acceptors (Lipinski definition) is 2. The fourth-order valence-corrected chi connectivity index (χ4v) is 2.81. The number of halogens is 1. The molecule has 0 saturated heterocycles. The quantitative estimate of drug-likeness (QED) is 0.448. The summed E-state index contributed by atoms with van der Waals surface area (Å²) >= 11 is 1.81. The van der Waals surface area contributed by atoms with Crippen molar-refractivity contribution in [3.05, 3.63) is 57.8 Å². The number of hydrogen-bond donors (Lipinski definition) is 2. The van der Waals surface area contributed by atoms with Gasteiger partial charge >= 0.3 is 0 Å². The molecule has 0 amide bonds. The van der Waals surface area contributed by atoms with Gasteiger partial charge in [-0.15, -0.1) is 35.3 Å². The minimum atomic E-state index is 0. The van der Waals surface area contributed by atoms with Crippen molar-refractivity contribution >= 4 is 41.3 Å². The Balaban J connectivity index is 0.00000220. The van der Waals surface area contributed by atoms with Gasteiger partial charge in [0.2, 0.25) is 0 Å². The highest BCUT2D eigenvalue weighted by Gasteiger charge is 2.07. The van der Waals surface area contributed by atoms with E-state index in [9.17, 15) is 0 Å². The van der Waals surface area contributed by atoms with Gasteiger partial charge in [-0.1, -0.05) is 30.3 Å². The first kappa shape index (κ1) is 18.0. The molecule has 3 nitrogen and oxygen atoms in total. The van der Waals surface area contributed by atoms with Crippen LogP contribution in [0, 0.1) is 6.92 Å². The van der Waals surface area contributed by atoms with Crippen molar-refractivity contribution < 1.29 is 0 Å². The van der Waals surface area contributed by atoms with E-state index in [1.165, 1.54) is 15.3 Å². The normalized spacial score (nSPS) is 12.4. The Kier molecular flexibility index (Phi) is 7.74. The Morgan fingerprint density at radius 2 is 1.90 bits per heavy atom. The summed E-state index contributed by atoms with van der Waals surface area (Å²) in [5, 5.41) is 6.75. The van der Waals surface area contributed by atoms with Crippen LogP contribution >= 0.6 is 35.3 Å². The smallest absolute Gasteiger partial charge is 0.191 e. The highest BCUT2D eigenvalue weighted by Crippen LogP contribution is 2.14. The maximum absolute atomic E-state index is 4.27. The molecule has 0 radical (unpaired) electrons. The van der Waals surface area contributed by atoms with Gasteiger partial charge in [0.15, 0.2) is 5.96 Å². The summed E-state index contributed by atoms with van der Waals surface area (Å²) in [7, 11) is 1.80. The highest BCUT2D eigenvalue weighted by atomic mass is 127. The number of nitrogens with one attached hydrogen (secondary N) is 2. The zero-order chi connectivity index (χ0) is 14.4. The minimum Gasteiger partial charge on any atom is -0.352 e. The number of benzene rings is 1. The second-order valence-electron chi connectivity index (χ2n) is 4.71. The first-order chi connectivity index (χ1) is 9.69. The lowest BCUT2D eigenvalue weighted by atomic mass is 10.1. The average Bonchev–Trinajstić information content (AvgIpc) is 2.89. The van der Waals surface area contributed by atoms with Crippen molar-refractivity contribution in [3.8, 4) is 0 Å². The van der Waals surface area contributed by atoms with Gasteiger partial charge in [-0.2, -0.15) is 0 Å². The molecule has 1 aromatic heterocycles. The van der Waals surface area contributed by atoms with Crippen LogP contribution in [0.2, 0.25) is 0 Å². The van der Waals surface area contributed by atoms with E-state index in [0.717, 1.165) is 12.5 Å². The molecular weight excluding hydrogens is 393 g/mol. The number of guanidine groups is 1. The van der Waals surface area contributed by atoms with E-state index < -0.39 is 0 Å². The van der Waals surface area contributed by atoms with Gasteiger partial charge in [0.25, 0.3) is 0 Å². The van der Waals surface area contributed by atoms with Gasteiger partial charge in [-0.25, -0.2) is 0 Å². The average molecular weight is 415 g/mol. The molecule has 114 valence electrons. The molecule has 2 N–H and O–H groups in total. The highest BCUT2D eigenvalue weighted by molar-refractivity contribution is 14.0. The third-order valence-electron chi connectivity index (χ3n) is 3.10. The molecule has 2 rings (SSSR count). The molecule has 5 heteroatoms. The van der Waals surface area contributed by atoms with E-state index in [2.05, 4.69) is 65.9 Å². The summed E-state index contributed by atoms with van der Waals surface area (Å²) in [6.07, 6.45) is 0. The second-order valence-corrected chi connectivity index (χ2v) is 6.09. The largest absolute Gasteiger partial charge is 0.352 e. The molecule has 2 aromatic rings. The van der Waals surface area contributed by atoms with Crippen LogP contribution in [0.4, 0.5) is 0 Å². The molecule has 21 heavy (non-hydrogen) atoms. The van der Waals surface area contributed by atoms with Gasteiger partial charge in [0.05, 0.1) is 12.6 Å². The lowest BCUT2D eigenvalue weighted by Crippen LogP contribution is -2.38. The predicted octanol–water partition coefficient (Wildman–Crippen LogP) is 4.10. The van der Waals surface area contributed by atoms with E-state index in [4.69, 9.17) is 0 Å². The molecule has 0 aliphatic carbocycles. The SMILES string of the molecule is CN=C(NCc1ccc(C)s1)NC(C)c1ccccc1.I. The Labute approximate surface area is 147 Å². The van der Waals surface area contributed by atoms with Crippen LogP contribution < -0.4 is 10.6 Å². The molecule has 0 spiro atoms. The summed E-state index contributed by atoms with van der Waals surface area (Å²) in [5.74, 6) is 0.826. The summed E-state index contributed by atoms with van der Waals surface area (Å²) in [6.45, 7) is 5.07. The molecule has 0 bridgehead atoms. The van der Waals surface area contributed by atoms with Crippen LogP contribution in [0.25, 0.3) is 0 Å². The van der Waals surface area contributed by atoms with Crippen LogP contribution in [0.1, 0.15) is 28.3 Å². The van der Waals surface area contributed by atoms with Gasteiger partial charge in [-0.05, 0) is 31.5 Å². The molecular formula is C16H22IN3S. The Morgan fingerprint density at radius 1 is 1.19 bits per heavy atom. The summed E-state index contributed by atoms with van der Waals surface area (Å²) < 4.78 is 0. The molecule has 0 fully saturated rings. The lowest BCUT2D eigenvalue weighted by Gasteiger charge is -2.18. The first-order valence-electron chi connectivity index (χ1n) is 6.76. The third-order valence-corrected chi connectivity index (χ3v) is 4.10. The summed E-state index contributed by atoms with van der Waals surface area (Å²) in [4.78, 5) is 6.93. The van der Waals surface area contributed by atoms with Crippen LogP contribution in [0.15, 0.2) is 47.5 Å². The van der Waals surface area contributed by atoms with E-state index in [1.807, 2.05) is 17.4 Å². The molecule has 1 unspecified atom stereocenters. The van der Waals surface area contributed by atoms with E-state index in [-0.39, 0.29) is 30.0 Å². The van der Waals surface area contributed by atoms with Crippen molar-refractivity contribution in [2.24, 2.45) is 4.99 Å². The van der Waals surface area contributed by atoms with Crippen LogP contribution in [-0.2, 0) is 6.54 Å². The topological polar surface area (TPSA) is 36.4 Å². The zero-order valence-corrected chi connectivity index (χ0v) is 15.7. The monoisotopic (exact) mass is 415 g/mol. The summed E-state index contributed by atoms with van der Waals surface area (Å²) in [6, 6.07) is 14.9. The lowest BCUT2D eigenvalue weighted by molar-refractivity contribution is 0.686. The summed E-state index contributed by atoms with van der Waals surface area (Å²) in [5.41, 5.74) is 1.25. The third kappa shape index (κ3) is 5.67. The fourth-order valence-electron chi connectivity index (χ4n) is 1.98. The second kappa shape index (κ2) is 9.04. The van der Waals surface area contributed by atoms with Crippen LogP contribution in [0.5, 0.6) is 0 Å². The molecule has 1 heterocycles. The molecule has 0 aliphatic heterocycles. The molecule has 1 atom stereocenters. The number of aryl methyl sites for hydroxylation is 1. The number of thiophene rings is 1. The number of aliphatic imine (C=N–C) groups is 1. The van der Waals surface area contributed by atoms with Crippen molar-refractivity contribution in [3.63, 3.8) is 0 Å². The van der Waals surface area contributed by atoms with Gasteiger partial charge in [0, 0.05) is 16.8 Å². The Morgan fingerprint density at radius 3 is 2.48 bits per heavy atom. The standard InChI is InChI=1S/C16H21N3S.HI/c1-12-9-10-15(20-12)11-18-16(17-3)19-13(2)14-7-5-4-6-8-14;/h4-10,13H,11H2,1-3H3,(H2,17,18,19);1H. The van der Waals surface area contributed by atoms with Gasteiger partial charge in [0.1, 0.15) is 0 Å². The predicted molar refractivity (Wildman–Crippen MR) is 103 cm³/mol. The number of nitrogens with zero attached hydrogens (tertiary/aromatic N) is 1. The molecule has 1 aromatic carbocycles. The van der Waals surface area contributed by atoms with Crippen molar-refractivity contribution in [1.29, 1.82) is 0 Å². The number of rotatable bonds is 4. The fraction of sp³-hybridized carbons (Fsp3) is 0.312. The van der Waals surface area contributed by atoms with Crippen molar-refractivity contribution in [2.75, 3.05) is 7.05 Å². The van der Waals surface area contributed by atoms with Crippen LogP contribution in [-0.4, -0.2) is 13.0 Å². The maximum atomic E-state index is 4.27. The zero-order valence-electron chi connectivity index (χ0n) is 12.6. The maximum Gasteiger partial charge on any atom is 0.191 e. The first-order valence-corrected chi connectivity index (χ1v) is 7.58. The van der Waals surface area contributed by atoms with Gasteiger partial charge < -0.3 is 10.6 Å². The van der Waals surface area contributed by atoms with E-state index in [1.54, 1.807) is 7.05 Å². The van der Waals surface area contributed by atoms with E-state index >= 15 is 0 Å².